The van der Waals surface area contributed by atoms with Crippen molar-refractivity contribution in [2.45, 2.75) is 32.2 Å². The van der Waals surface area contributed by atoms with Gasteiger partial charge in [-0.15, -0.1) is 0 Å². The van der Waals surface area contributed by atoms with E-state index in [1.165, 1.54) is 13.3 Å². The van der Waals surface area contributed by atoms with E-state index in [1.807, 2.05) is 4.90 Å². The van der Waals surface area contributed by atoms with Crippen molar-refractivity contribution in [3.05, 3.63) is 27.9 Å². The maximum Gasteiger partial charge on any atom is 0.328 e. The number of aromatic nitrogens is 1. The van der Waals surface area contributed by atoms with Gasteiger partial charge in [0.05, 0.1) is 12.0 Å². The number of esters is 1. The Hall–Kier alpha value is -2.18. The molecule has 1 unspecified atom stereocenters. The van der Waals surface area contributed by atoms with Crippen LogP contribution in [0.2, 0.25) is 0 Å². The second-order valence-corrected chi connectivity index (χ2v) is 4.81. The van der Waals surface area contributed by atoms with Crippen LogP contribution in [0, 0.1) is 17.0 Å². The summed E-state index contributed by atoms with van der Waals surface area (Å²) in [6, 6.07) is 1.29. The quantitative estimate of drug-likeness (QED) is 0.476. The van der Waals surface area contributed by atoms with E-state index in [4.69, 9.17) is 4.74 Å². The zero-order valence-electron chi connectivity index (χ0n) is 11.5. The third-order valence-corrected chi connectivity index (χ3v) is 3.54. The van der Waals surface area contributed by atoms with Crippen LogP contribution in [-0.2, 0) is 9.53 Å². The Morgan fingerprint density at radius 2 is 2.30 bits per heavy atom. The Morgan fingerprint density at radius 1 is 1.55 bits per heavy atom. The number of nitrogens with zero attached hydrogens (tertiary/aromatic N) is 3. The molecule has 7 nitrogen and oxygen atoms in total. The Labute approximate surface area is 116 Å². The van der Waals surface area contributed by atoms with Crippen molar-refractivity contribution >= 4 is 17.5 Å². The topological polar surface area (TPSA) is 85.6 Å². The smallest absolute Gasteiger partial charge is 0.328 e. The van der Waals surface area contributed by atoms with Crippen LogP contribution in [-0.4, -0.2) is 35.6 Å². The Morgan fingerprint density at radius 3 is 2.90 bits per heavy atom. The molecule has 20 heavy (non-hydrogen) atoms. The summed E-state index contributed by atoms with van der Waals surface area (Å²) < 4.78 is 4.82. The molecule has 0 spiro atoms. The van der Waals surface area contributed by atoms with Gasteiger partial charge < -0.3 is 9.64 Å². The van der Waals surface area contributed by atoms with Gasteiger partial charge in [0.15, 0.2) is 0 Å². The minimum Gasteiger partial charge on any atom is -0.467 e. The first-order valence-electron chi connectivity index (χ1n) is 6.50. The molecule has 0 saturated carbocycles. The summed E-state index contributed by atoms with van der Waals surface area (Å²) >= 11 is 0. The van der Waals surface area contributed by atoms with Crippen LogP contribution in [0.25, 0.3) is 0 Å². The van der Waals surface area contributed by atoms with E-state index < -0.39 is 4.92 Å². The molecule has 1 saturated heterocycles. The highest BCUT2D eigenvalue weighted by Gasteiger charge is 2.31. The summed E-state index contributed by atoms with van der Waals surface area (Å²) in [5, 5.41) is 10.8. The number of aryl methyl sites for hydroxylation is 1. The highest BCUT2D eigenvalue weighted by atomic mass is 16.6. The van der Waals surface area contributed by atoms with Crippen LogP contribution >= 0.6 is 0 Å². The third kappa shape index (κ3) is 2.71. The highest BCUT2D eigenvalue weighted by molar-refractivity contribution is 5.80. The van der Waals surface area contributed by atoms with Crippen LogP contribution in [0.5, 0.6) is 0 Å². The van der Waals surface area contributed by atoms with Crippen molar-refractivity contribution in [2.24, 2.45) is 0 Å². The van der Waals surface area contributed by atoms with E-state index in [0.717, 1.165) is 12.8 Å². The largest absolute Gasteiger partial charge is 0.467 e. The number of hydrogen-bond donors (Lipinski definition) is 0. The molecule has 2 rings (SSSR count). The van der Waals surface area contributed by atoms with Crippen molar-refractivity contribution in [1.82, 2.24) is 4.98 Å². The first-order chi connectivity index (χ1) is 9.54. The minimum absolute atomic E-state index is 0.0135. The fourth-order valence-corrected chi connectivity index (χ4v) is 2.47. The van der Waals surface area contributed by atoms with Crippen LogP contribution < -0.4 is 4.90 Å². The summed E-state index contributed by atoms with van der Waals surface area (Å²) in [7, 11) is 1.36. The minimum atomic E-state index is -0.458. The molecule has 1 aliphatic heterocycles. The Bertz CT molecular complexity index is 532. The van der Waals surface area contributed by atoms with Crippen LogP contribution in [0.3, 0.4) is 0 Å². The lowest BCUT2D eigenvalue weighted by atomic mass is 10.0. The van der Waals surface area contributed by atoms with E-state index in [2.05, 4.69) is 4.98 Å². The van der Waals surface area contributed by atoms with Crippen molar-refractivity contribution in [3.63, 3.8) is 0 Å². The normalized spacial score (nSPS) is 18.7. The number of piperidine rings is 1. The number of rotatable bonds is 3. The zero-order chi connectivity index (χ0) is 14.7. The lowest BCUT2D eigenvalue weighted by molar-refractivity contribution is -0.385. The van der Waals surface area contributed by atoms with Gasteiger partial charge in [0.1, 0.15) is 18.1 Å². The summed E-state index contributed by atoms with van der Waals surface area (Å²) in [4.78, 5) is 28.2. The molecule has 0 radical (unpaired) electrons. The molecule has 1 fully saturated rings. The summed E-state index contributed by atoms with van der Waals surface area (Å²) in [5.41, 5.74) is 0.523. The van der Waals surface area contributed by atoms with E-state index in [9.17, 15) is 14.9 Å². The highest BCUT2D eigenvalue weighted by Crippen LogP contribution is 2.27. The average molecular weight is 279 g/mol. The molecule has 1 aromatic rings. The first kappa shape index (κ1) is 14.2. The van der Waals surface area contributed by atoms with Gasteiger partial charge in [-0.05, 0) is 32.3 Å². The lowest BCUT2D eigenvalue weighted by Crippen LogP contribution is -2.45. The van der Waals surface area contributed by atoms with Crippen LogP contribution in [0.1, 0.15) is 24.8 Å². The maximum absolute atomic E-state index is 11.8. The van der Waals surface area contributed by atoms with Crippen molar-refractivity contribution in [1.29, 1.82) is 0 Å². The number of hydrogen-bond acceptors (Lipinski definition) is 6. The SMILES string of the molecule is COC(=O)C1CCCCN1c1cc(C)c([N+](=O)[O-])cn1. The Kier molecular flexibility index (Phi) is 4.16. The number of methoxy groups -OCH3 is 1. The molecule has 0 amide bonds. The second kappa shape index (κ2) is 5.85. The van der Waals surface area contributed by atoms with E-state index in [-0.39, 0.29) is 17.7 Å². The lowest BCUT2D eigenvalue weighted by Gasteiger charge is -2.34. The fourth-order valence-electron chi connectivity index (χ4n) is 2.47. The van der Waals surface area contributed by atoms with Crippen LogP contribution in [0.15, 0.2) is 12.3 Å². The molecule has 1 aromatic heterocycles. The van der Waals surface area contributed by atoms with Crippen molar-refractivity contribution < 1.29 is 14.5 Å². The zero-order valence-corrected chi connectivity index (χ0v) is 11.5. The van der Waals surface area contributed by atoms with Gasteiger partial charge >= 0.3 is 5.97 Å². The van der Waals surface area contributed by atoms with Crippen molar-refractivity contribution in [3.8, 4) is 0 Å². The number of carbonyl (C=O) groups is 1. The average Bonchev–Trinajstić information content (AvgIpc) is 2.46. The standard InChI is InChI=1S/C13H17N3O4/c1-9-7-12(14-8-11(9)16(18)19)15-6-4-3-5-10(15)13(17)20-2/h7-8,10H,3-6H2,1-2H3. The van der Waals surface area contributed by atoms with Gasteiger partial charge in [-0.25, -0.2) is 9.78 Å². The molecular formula is C13H17N3O4. The molecule has 0 N–H and O–H groups in total. The fraction of sp³-hybridized carbons (Fsp3) is 0.538. The number of anilines is 1. The van der Waals surface area contributed by atoms with E-state index in [0.29, 0.717) is 24.3 Å². The van der Waals surface area contributed by atoms with Gasteiger partial charge in [0.25, 0.3) is 5.69 Å². The van der Waals surface area contributed by atoms with Gasteiger partial charge in [-0.1, -0.05) is 0 Å². The first-order valence-corrected chi connectivity index (χ1v) is 6.50. The summed E-state index contributed by atoms with van der Waals surface area (Å²) in [6.07, 6.45) is 3.88. The van der Waals surface area contributed by atoms with E-state index in [1.54, 1.807) is 13.0 Å². The van der Waals surface area contributed by atoms with Crippen LogP contribution in [0.4, 0.5) is 11.5 Å². The molecule has 0 aromatic carbocycles. The predicted octanol–water partition coefficient (Wildman–Crippen LogP) is 1.83. The molecule has 0 aliphatic carbocycles. The monoisotopic (exact) mass is 279 g/mol. The van der Waals surface area contributed by atoms with Gasteiger partial charge in [0, 0.05) is 12.1 Å². The number of ether oxygens (including phenoxy) is 1. The van der Waals surface area contributed by atoms with Gasteiger partial charge in [-0.2, -0.15) is 0 Å². The molecular weight excluding hydrogens is 262 g/mol. The molecule has 7 heteroatoms. The van der Waals surface area contributed by atoms with Crippen molar-refractivity contribution in [2.75, 3.05) is 18.6 Å². The Balaban J connectivity index is 2.31. The number of carbonyl (C=O) groups excluding carboxylic acids is 1. The van der Waals surface area contributed by atoms with E-state index >= 15 is 0 Å². The van der Waals surface area contributed by atoms with Gasteiger partial charge in [0.2, 0.25) is 0 Å². The third-order valence-electron chi connectivity index (χ3n) is 3.54. The summed E-state index contributed by atoms with van der Waals surface area (Å²) in [5.74, 6) is 0.297. The molecule has 1 aliphatic rings. The molecule has 1 atom stereocenters. The number of nitro groups is 1. The second-order valence-electron chi connectivity index (χ2n) is 4.81. The molecule has 2 heterocycles. The summed E-state index contributed by atoms with van der Waals surface area (Å²) in [6.45, 7) is 2.37. The predicted molar refractivity (Wildman–Crippen MR) is 72.6 cm³/mol. The molecule has 108 valence electrons. The van der Waals surface area contributed by atoms with Gasteiger partial charge in [-0.3, -0.25) is 10.1 Å². The maximum atomic E-state index is 11.8. The molecule has 0 bridgehead atoms. The number of pyridine rings is 1.